The highest BCUT2D eigenvalue weighted by Crippen LogP contribution is 2.33. The molecule has 0 aliphatic carbocycles. The molecule has 6 rings (SSSR count). The van der Waals surface area contributed by atoms with Crippen molar-refractivity contribution in [2.75, 3.05) is 19.0 Å². The smallest absolute Gasteiger partial charge is 0.378 e. The van der Waals surface area contributed by atoms with E-state index in [4.69, 9.17) is 11.6 Å². The zero-order chi connectivity index (χ0) is 36.9. The fourth-order valence-corrected chi connectivity index (χ4v) is 4.49. The number of nitrogens with zero attached hydrogens (tertiary/aromatic N) is 4. The van der Waals surface area contributed by atoms with Gasteiger partial charge < -0.3 is 4.90 Å². The summed E-state index contributed by atoms with van der Waals surface area (Å²) in [5.41, 5.74) is 4.04. The zero-order valence-corrected chi connectivity index (χ0v) is 28.0. The minimum atomic E-state index is -4.38. The summed E-state index contributed by atoms with van der Waals surface area (Å²) in [6, 6.07) is 22.4. The Balaban J connectivity index is 0.000000172. The van der Waals surface area contributed by atoms with Crippen molar-refractivity contribution >= 4 is 53.7 Å². The first kappa shape index (κ1) is 38.0. The number of anilines is 1. The number of hydrogen-bond acceptors (Lipinski definition) is 4. The Morgan fingerprint density at radius 1 is 0.569 bits per heavy atom. The van der Waals surface area contributed by atoms with E-state index < -0.39 is 23.5 Å². The second-order valence-electron chi connectivity index (χ2n) is 10.8. The SMILES string of the molecule is CN(C)c1ccc(/C=C/c2ccn[nH]2)cc1.FC(F)(F)c1ccc(/C=C/c2ccn[nH]2)c(Cl)c1.FC(F)(F)c1ccccc1/C=C/c1ccn[nH]1. The molecule has 0 spiro atoms. The highest BCUT2D eigenvalue weighted by Gasteiger charge is 2.32. The van der Waals surface area contributed by atoms with Gasteiger partial charge in [0.25, 0.3) is 0 Å². The summed E-state index contributed by atoms with van der Waals surface area (Å²) in [6.07, 6.45) is 6.48. The molecule has 0 aliphatic heterocycles. The molecule has 0 unspecified atom stereocenters. The molecule has 0 amide bonds. The summed E-state index contributed by atoms with van der Waals surface area (Å²) in [5, 5.41) is 19.6. The van der Waals surface area contributed by atoms with Crippen LogP contribution >= 0.6 is 11.6 Å². The maximum atomic E-state index is 12.7. The number of halogens is 7. The fourth-order valence-electron chi connectivity index (χ4n) is 4.25. The average molecular weight is 724 g/mol. The van der Waals surface area contributed by atoms with Gasteiger partial charge >= 0.3 is 12.4 Å². The lowest BCUT2D eigenvalue weighted by atomic mass is 10.1. The van der Waals surface area contributed by atoms with Crippen LogP contribution in [-0.2, 0) is 12.4 Å². The minimum Gasteiger partial charge on any atom is -0.378 e. The van der Waals surface area contributed by atoms with Crippen LogP contribution < -0.4 is 4.90 Å². The number of aromatic amines is 3. The number of aromatic nitrogens is 6. The van der Waals surface area contributed by atoms with Gasteiger partial charge in [0.2, 0.25) is 0 Å². The van der Waals surface area contributed by atoms with Crippen molar-refractivity contribution in [1.29, 1.82) is 0 Å². The number of hydrogen-bond donors (Lipinski definition) is 3. The molecule has 3 aromatic carbocycles. The van der Waals surface area contributed by atoms with Crippen molar-refractivity contribution in [3.05, 3.63) is 153 Å². The monoisotopic (exact) mass is 723 g/mol. The molecule has 3 N–H and O–H groups in total. The van der Waals surface area contributed by atoms with Crippen molar-refractivity contribution in [1.82, 2.24) is 30.6 Å². The van der Waals surface area contributed by atoms with Crippen molar-refractivity contribution in [3.8, 4) is 0 Å². The normalized spacial score (nSPS) is 11.8. The van der Waals surface area contributed by atoms with E-state index >= 15 is 0 Å². The lowest BCUT2D eigenvalue weighted by molar-refractivity contribution is -0.138. The van der Waals surface area contributed by atoms with Gasteiger partial charge in [0.15, 0.2) is 0 Å². The van der Waals surface area contributed by atoms with Gasteiger partial charge in [-0.3, -0.25) is 15.3 Å². The van der Waals surface area contributed by atoms with Crippen LogP contribution in [0.2, 0.25) is 5.02 Å². The Kier molecular flexibility index (Phi) is 13.2. The van der Waals surface area contributed by atoms with E-state index in [2.05, 4.69) is 65.8 Å². The molecule has 0 aliphatic rings. The third-order valence-corrected chi connectivity index (χ3v) is 7.24. The maximum absolute atomic E-state index is 12.7. The average Bonchev–Trinajstić information content (AvgIpc) is 3.91. The first-order valence-electron chi connectivity index (χ1n) is 15.1. The lowest BCUT2D eigenvalue weighted by Crippen LogP contribution is -2.07. The van der Waals surface area contributed by atoms with Crippen LogP contribution in [0, 0.1) is 0 Å². The number of nitrogens with one attached hydrogen (secondary N) is 3. The molecule has 6 aromatic rings. The van der Waals surface area contributed by atoms with Gasteiger partial charge in [0.05, 0.1) is 28.2 Å². The molecular formula is C37H32ClF6N7. The second kappa shape index (κ2) is 17.7. The molecule has 3 heterocycles. The van der Waals surface area contributed by atoms with Crippen molar-refractivity contribution in [3.63, 3.8) is 0 Å². The molecule has 7 nitrogen and oxygen atoms in total. The van der Waals surface area contributed by atoms with Crippen LogP contribution in [0.15, 0.2) is 104 Å². The van der Waals surface area contributed by atoms with Crippen LogP contribution in [0.1, 0.15) is 44.9 Å². The Labute approximate surface area is 295 Å². The van der Waals surface area contributed by atoms with Crippen molar-refractivity contribution in [2.24, 2.45) is 0 Å². The van der Waals surface area contributed by atoms with E-state index in [1.807, 2.05) is 26.2 Å². The first-order chi connectivity index (χ1) is 24.3. The summed E-state index contributed by atoms with van der Waals surface area (Å²) in [6.45, 7) is 0. The number of alkyl halides is 6. The molecular weight excluding hydrogens is 692 g/mol. The predicted molar refractivity (Wildman–Crippen MR) is 191 cm³/mol. The van der Waals surface area contributed by atoms with Crippen molar-refractivity contribution in [2.45, 2.75) is 12.4 Å². The lowest BCUT2D eigenvalue weighted by Gasteiger charge is -2.11. The van der Waals surface area contributed by atoms with E-state index in [-0.39, 0.29) is 10.6 Å². The van der Waals surface area contributed by atoms with Gasteiger partial charge in [-0.25, -0.2) is 0 Å². The van der Waals surface area contributed by atoms with Gasteiger partial charge in [-0.15, -0.1) is 0 Å². The molecule has 264 valence electrons. The Morgan fingerprint density at radius 3 is 1.53 bits per heavy atom. The molecule has 3 aromatic heterocycles. The Bertz CT molecular complexity index is 1990. The van der Waals surface area contributed by atoms with Crippen LogP contribution in [0.25, 0.3) is 36.5 Å². The summed E-state index contributed by atoms with van der Waals surface area (Å²) in [5.74, 6) is 0. The largest absolute Gasteiger partial charge is 0.416 e. The maximum Gasteiger partial charge on any atom is 0.416 e. The molecule has 0 radical (unpaired) electrons. The summed E-state index contributed by atoms with van der Waals surface area (Å²) < 4.78 is 75.2. The van der Waals surface area contributed by atoms with Crippen LogP contribution in [0.4, 0.5) is 32.0 Å². The summed E-state index contributed by atoms with van der Waals surface area (Å²) >= 11 is 5.80. The Hall–Kier alpha value is -5.82. The molecule has 0 atom stereocenters. The predicted octanol–water partition coefficient (Wildman–Crippen LogP) is 10.5. The molecule has 0 saturated carbocycles. The molecule has 0 saturated heterocycles. The summed E-state index contributed by atoms with van der Waals surface area (Å²) in [4.78, 5) is 2.09. The van der Waals surface area contributed by atoms with Gasteiger partial charge in [-0.1, -0.05) is 66.2 Å². The fraction of sp³-hybridized carbons (Fsp3) is 0.108. The van der Waals surface area contributed by atoms with Gasteiger partial charge in [-0.2, -0.15) is 41.6 Å². The highest BCUT2D eigenvalue weighted by molar-refractivity contribution is 6.32. The molecule has 14 heteroatoms. The topological polar surface area (TPSA) is 89.3 Å². The third-order valence-electron chi connectivity index (χ3n) is 6.91. The molecule has 0 fully saturated rings. The van der Waals surface area contributed by atoms with Gasteiger partial charge in [-0.05, 0) is 83.4 Å². The van der Waals surface area contributed by atoms with Crippen LogP contribution in [0.5, 0.6) is 0 Å². The Morgan fingerprint density at radius 2 is 1.08 bits per heavy atom. The van der Waals surface area contributed by atoms with E-state index in [0.717, 1.165) is 29.6 Å². The quantitative estimate of drug-likeness (QED) is 0.143. The van der Waals surface area contributed by atoms with E-state index in [1.165, 1.54) is 41.7 Å². The molecule has 51 heavy (non-hydrogen) atoms. The third kappa shape index (κ3) is 12.2. The first-order valence-corrected chi connectivity index (χ1v) is 15.5. The van der Waals surface area contributed by atoms with Gasteiger partial charge in [0, 0.05) is 43.4 Å². The highest BCUT2D eigenvalue weighted by atomic mass is 35.5. The van der Waals surface area contributed by atoms with Crippen LogP contribution in [0.3, 0.4) is 0 Å². The number of rotatable bonds is 7. The standard InChI is InChI=1S/C13H15N3.C12H8ClF3N2.C12H9F3N2/c1-16(2)13-7-4-11(5-8-13)3-6-12-9-10-14-15-12;13-11-7-9(12(14,15)16)3-1-8(11)2-4-10-5-6-17-18-10;13-12(14,15)11-4-2-1-3-9(11)5-6-10-7-8-16-17-10/h3-10H,1-2H3,(H,14,15);1-7H,(H,17,18);1-8H,(H,16,17)/b6-3+;4-2+;6-5+. The van der Waals surface area contributed by atoms with Gasteiger partial charge in [0.1, 0.15) is 0 Å². The number of H-pyrrole nitrogens is 3. The second-order valence-corrected chi connectivity index (χ2v) is 11.2. The van der Waals surface area contributed by atoms with E-state index in [1.54, 1.807) is 48.8 Å². The van der Waals surface area contributed by atoms with Crippen molar-refractivity contribution < 1.29 is 26.3 Å². The summed E-state index contributed by atoms with van der Waals surface area (Å²) in [7, 11) is 4.07. The van der Waals surface area contributed by atoms with E-state index in [9.17, 15) is 26.3 Å². The van der Waals surface area contributed by atoms with Crippen LogP contribution in [-0.4, -0.2) is 44.7 Å². The minimum absolute atomic E-state index is 0.0561. The zero-order valence-electron chi connectivity index (χ0n) is 27.2. The number of benzene rings is 3. The molecule has 0 bridgehead atoms. The van der Waals surface area contributed by atoms with E-state index in [0.29, 0.717) is 11.3 Å².